The van der Waals surface area contributed by atoms with Crippen molar-refractivity contribution in [1.29, 1.82) is 0 Å². The highest BCUT2D eigenvalue weighted by Gasteiger charge is 2.07. The van der Waals surface area contributed by atoms with Crippen LogP contribution in [0, 0.1) is 6.92 Å². The van der Waals surface area contributed by atoms with Crippen molar-refractivity contribution in [3.05, 3.63) is 23.3 Å². The van der Waals surface area contributed by atoms with Gasteiger partial charge >= 0.3 is 5.97 Å². The summed E-state index contributed by atoms with van der Waals surface area (Å²) >= 11 is 4.90. The molecule has 0 saturated carbocycles. The van der Waals surface area contributed by atoms with Gasteiger partial charge in [-0.05, 0) is 24.6 Å². The van der Waals surface area contributed by atoms with Gasteiger partial charge in [0.05, 0.1) is 5.56 Å². The number of rotatable bonds is 1. The van der Waals surface area contributed by atoms with Crippen LogP contribution in [-0.2, 0) is 0 Å². The molecule has 0 saturated heterocycles. The zero-order valence-electron chi connectivity index (χ0n) is 6.50. The van der Waals surface area contributed by atoms with Gasteiger partial charge < -0.3 is 10.8 Å². The van der Waals surface area contributed by atoms with Gasteiger partial charge in [-0.15, -0.1) is 0 Å². The Bertz CT molecular complexity index is 313. The fourth-order valence-corrected chi connectivity index (χ4v) is 1.08. The molecule has 0 aromatic heterocycles. The molecule has 0 spiro atoms. The predicted molar refractivity (Wildman–Crippen MR) is 48.4 cm³/mol. The van der Waals surface area contributed by atoms with Crippen molar-refractivity contribution in [2.45, 2.75) is 11.8 Å². The number of aromatic carboxylic acids is 1. The van der Waals surface area contributed by atoms with Crippen molar-refractivity contribution in [3.8, 4) is 0 Å². The minimum Gasteiger partial charge on any atom is -0.478 e. The molecule has 3 N–H and O–H groups in total. The highest BCUT2D eigenvalue weighted by Crippen LogP contribution is 2.21. The van der Waals surface area contributed by atoms with Gasteiger partial charge in [0.1, 0.15) is 0 Å². The Balaban J connectivity index is 3.31. The maximum atomic E-state index is 10.5. The lowest BCUT2D eigenvalue weighted by Gasteiger charge is -2.03. The molecule has 4 heteroatoms. The highest BCUT2D eigenvalue weighted by atomic mass is 32.1. The van der Waals surface area contributed by atoms with Gasteiger partial charge in [0.2, 0.25) is 0 Å². The number of nitrogen functional groups attached to an aromatic ring is 1. The van der Waals surface area contributed by atoms with Crippen molar-refractivity contribution < 1.29 is 9.90 Å². The molecule has 1 aromatic rings. The summed E-state index contributed by atoms with van der Waals surface area (Å²) in [5.41, 5.74) is 6.86. The third kappa shape index (κ3) is 1.48. The van der Waals surface area contributed by atoms with Crippen LogP contribution in [0.2, 0.25) is 0 Å². The van der Waals surface area contributed by atoms with Crippen molar-refractivity contribution in [2.24, 2.45) is 0 Å². The molecule has 3 nitrogen and oxygen atoms in total. The lowest BCUT2D eigenvalue weighted by atomic mass is 10.1. The molecule has 0 atom stereocenters. The summed E-state index contributed by atoms with van der Waals surface area (Å²) in [6.07, 6.45) is 0. The summed E-state index contributed by atoms with van der Waals surface area (Å²) in [7, 11) is 0. The van der Waals surface area contributed by atoms with E-state index in [1.165, 1.54) is 12.1 Å². The Kier molecular flexibility index (Phi) is 2.19. The summed E-state index contributed by atoms with van der Waals surface area (Å²) in [6, 6.07) is 2.84. The molecule has 1 radical (unpaired) electrons. The van der Waals surface area contributed by atoms with Crippen LogP contribution >= 0.6 is 12.6 Å². The number of benzene rings is 1. The van der Waals surface area contributed by atoms with Crippen LogP contribution in [0.5, 0.6) is 0 Å². The molecule has 0 aliphatic rings. The topological polar surface area (TPSA) is 63.3 Å². The third-order valence-electron chi connectivity index (χ3n) is 1.65. The standard InChI is InChI=1S/C8H8NO2S/c1-4-6(9)2-5(8(10)11)3-7(4)12/h2-3H,9H2,1H3,(H,10,11). The molecule has 0 bridgehead atoms. The smallest absolute Gasteiger partial charge is 0.335 e. The molecule has 0 amide bonds. The highest BCUT2D eigenvalue weighted by molar-refractivity contribution is 7.80. The van der Waals surface area contributed by atoms with Crippen molar-refractivity contribution in [2.75, 3.05) is 5.73 Å². The Morgan fingerprint density at radius 2 is 2.17 bits per heavy atom. The van der Waals surface area contributed by atoms with E-state index in [9.17, 15) is 4.79 Å². The van der Waals surface area contributed by atoms with Crippen LogP contribution < -0.4 is 5.73 Å². The van der Waals surface area contributed by atoms with Crippen LogP contribution in [0.15, 0.2) is 17.0 Å². The summed E-state index contributed by atoms with van der Waals surface area (Å²) in [6.45, 7) is 1.77. The van der Waals surface area contributed by atoms with Gasteiger partial charge in [0, 0.05) is 10.6 Å². The first-order valence-corrected chi connectivity index (χ1v) is 3.73. The Morgan fingerprint density at radius 3 is 2.58 bits per heavy atom. The number of carboxylic acids is 1. The number of carbonyl (C=O) groups is 1. The van der Waals surface area contributed by atoms with Crippen molar-refractivity contribution >= 4 is 24.3 Å². The van der Waals surface area contributed by atoms with E-state index in [0.717, 1.165) is 5.56 Å². The zero-order valence-corrected chi connectivity index (χ0v) is 7.31. The summed E-state index contributed by atoms with van der Waals surface area (Å²) < 4.78 is 0. The van der Waals surface area contributed by atoms with Gasteiger partial charge in [-0.1, -0.05) is 12.6 Å². The maximum Gasteiger partial charge on any atom is 0.335 e. The molecular weight excluding hydrogens is 174 g/mol. The second-order valence-corrected chi connectivity index (χ2v) is 2.93. The van der Waals surface area contributed by atoms with Gasteiger partial charge in [-0.2, -0.15) is 0 Å². The fourth-order valence-electron chi connectivity index (χ4n) is 0.833. The molecule has 1 aromatic carbocycles. The molecular formula is C8H8NO2S. The van der Waals surface area contributed by atoms with Gasteiger partial charge in [0.25, 0.3) is 0 Å². The average molecular weight is 182 g/mol. The molecule has 0 fully saturated rings. The summed E-state index contributed by atoms with van der Waals surface area (Å²) in [5, 5.41) is 8.62. The predicted octanol–water partition coefficient (Wildman–Crippen LogP) is 1.83. The minimum absolute atomic E-state index is 0.142. The first-order chi connectivity index (χ1) is 5.52. The number of anilines is 1. The van der Waals surface area contributed by atoms with Crippen LogP contribution in [-0.4, -0.2) is 11.1 Å². The van der Waals surface area contributed by atoms with E-state index >= 15 is 0 Å². The van der Waals surface area contributed by atoms with Crippen molar-refractivity contribution in [1.82, 2.24) is 0 Å². The first kappa shape index (κ1) is 8.80. The Hall–Kier alpha value is -1.29. The quantitative estimate of drug-likeness (QED) is 0.651. The van der Waals surface area contributed by atoms with E-state index in [1.807, 2.05) is 0 Å². The largest absolute Gasteiger partial charge is 0.478 e. The fraction of sp³-hybridized carbons (Fsp3) is 0.125. The lowest BCUT2D eigenvalue weighted by Crippen LogP contribution is -2.00. The molecule has 1 rings (SSSR count). The van der Waals surface area contributed by atoms with Gasteiger partial charge in [-0.3, -0.25) is 0 Å². The van der Waals surface area contributed by atoms with Crippen LogP contribution in [0.25, 0.3) is 0 Å². The monoisotopic (exact) mass is 182 g/mol. The third-order valence-corrected chi connectivity index (χ3v) is 2.07. The van der Waals surface area contributed by atoms with E-state index in [1.54, 1.807) is 6.92 Å². The zero-order chi connectivity index (χ0) is 9.30. The van der Waals surface area contributed by atoms with Crippen LogP contribution in [0.1, 0.15) is 15.9 Å². The summed E-state index contributed by atoms with van der Waals surface area (Å²) in [4.78, 5) is 11.0. The van der Waals surface area contributed by atoms with E-state index in [4.69, 9.17) is 23.5 Å². The number of carboxylic acid groups (broad SMARTS) is 1. The summed E-state index contributed by atoms with van der Waals surface area (Å²) in [5.74, 6) is -1.01. The molecule has 12 heavy (non-hydrogen) atoms. The number of nitrogens with two attached hydrogens (primary N) is 1. The van der Waals surface area contributed by atoms with Gasteiger partial charge in [-0.25, -0.2) is 4.79 Å². The molecule has 63 valence electrons. The first-order valence-electron chi connectivity index (χ1n) is 3.33. The molecule has 0 unspecified atom stereocenters. The minimum atomic E-state index is -1.01. The molecule has 0 aliphatic carbocycles. The lowest BCUT2D eigenvalue weighted by molar-refractivity contribution is 0.0696. The normalized spacial score (nSPS) is 9.75. The van der Waals surface area contributed by atoms with Gasteiger partial charge in [0.15, 0.2) is 0 Å². The van der Waals surface area contributed by atoms with Crippen LogP contribution in [0.4, 0.5) is 5.69 Å². The maximum absolute atomic E-state index is 10.5. The second-order valence-electron chi connectivity index (χ2n) is 2.49. The van der Waals surface area contributed by atoms with E-state index in [0.29, 0.717) is 10.6 Å². The average Bonchev–Trinajstić information content (AvgIpc) is 1.99. The Morgan fingerprint density at radius 1 is 1.58 bits per heavy atom. The van der Waals surface area contributed by atoms with E-state index in [-0.39, 0.29) is 5.56 Å². The van der Waals surface area contributed by atoms with Crippen molar-refractivity contribution in [3.63, 3.8) is 0 Å². The molecule has 0 heterocycles. The van der Waals surface area contributed by atoms with E-state index < -0.39 is 5.97 Å². The number of hydrogen-bond donors (Lipinski definition) is 2. The second kappa shape index (κ2) is 2.98. The number of hydrogen-bond acceptors (Lipinski definition) is 2. The van der Waals surface area contributed by atoms with Crippen LogP contribution in [0.3, 0.4) is 0 Å². The van der Waals surface area contributed by atoms with E-state index in [2.05, 4.69) is 0 Å². The Labute approximate surface area is 75.6 Å². The SMILES string of the molecule is Cc1c(N)cc(C(=O)O)cc1[S]. The molecule has 0 aliphatic heterocycles.